The topological polar surface area (TPSA) is 26.0 Å². The molecule has 0 aromatic rings. The quantitative estimate of drug-likeness (QED) is 0.585. The first-order valence-corrected chi connectivity index (χ1v) is 4.25. The molecule has 0 amide bonds. The van der Waals surface area contributed by atoms with E-state index < -0.39 is 0 Å². The fourth-order valence-corrected chi connectivity index (χ4v) is 0.943. The molecule has 0 aromatic carbocycles. The van der Waals surface area contributed by atoms with E-state index in [-0.39, 0.29) is 0 Å². The zero-order chi connectivity index (χ0) is 7.82. The molecular formula is C9H19N. The van der Waals surface area contributed by atoms with Crippen LogP contribution in [0.4, 0.5) is 0 Å². The summed E-state index contributed by atoms with van der Waals surface area (Å²) >= 11 is 0. The van der Waals surface area contributed by atoms with Crippen molar-refractivity contribution in [2.45, 2.75) is 46.0 Å². The van der Waals surface area contributed by atoms with Gasteiger partial charge in [0.15, 0.2) is 0 Å². The highest BCUT2D eigenvalue weighted by molar-refractivity contribution is 4.94. The van der Waals surface area contributed by atoms with E-state index >= 15 is 0 Å². The molecule has 0 bridgehead atoms. The van der Waals surface area contributed by atoms with Crippen LogP contribution in [0.2, 0.25) is 0 Å². The maximum Gasteiger partial charge on any atom is 0.00398 e. The minimum Gasteiger partial charge on any atom is -0.402 e. The Hall–Kier alpha value is -0.460. The van der Waals surface area contributed by atoms with Gasteiger partial charge in [-0.2, -0.15) is 0 Å². The van der Waals surface area contributed by atoms with E-state index in [0.717, 1.165) is 18.5 Å². The fourth-order valence-electron chi connectivity index (χ4n) is 0.943. The van der Waals surface area contributed by atoms with Gasteiger partial charge in [-0.15, -0.1) is 0 Å². The van der Waals surface area contributed by atoms with Gasteiger partial charge >= 0.3 is 0 Å². The van der Waals surface area contributed by atoms with E-state index in [4.69, 9.17) is 5.73 Å². The molecule has 0 saturated carbocycles. The van der Waals surface area contributed by atoms with Gasteiger partial charge in [-0.3, -0.25) is 0 Å². The molecule has 0 rings (SSSR count). The summed E-state index contributed by atoms with van der Waals surface area (Å²) in [5.74, 6) is 0. The van der Waals surface area contributed by atoms with Crippen LogP contribution in [0.25, 0.3) is 0 Å². The third-order valence-electron chi connectivity index (χ3n) is 1.54. The highest BCUT2D eigenvalue weighted by atomic mass is 14.6. The molecular weight excluding hydrogens is 122 g/mol. The van der Waals surface area contributed by atoms with Gasteiger partial charge in [0.1, 0.15) is 0 Å². The molecule has 0 atom stereocenters. The van der Waals surface area contributed by atoms with Gasteiger partial charge < -0.3 is 5.73 Å². The third kappa shape index (κ3) is 5.67. The first-order chi connectivity index (χ1) is 4.81. The summed E-state index contributed by atoms with van der Waals surface area (Å²) in [6.45, 7) is 4.33. The Kier molecular flexibility index (Phi) is 6.35. The molecule has 60 valence electrons. The molecule has 2 N–H and O–H groups in total. The first-order valence-electron chi connectivity index (χ1n) is 4.25. The van der Waals surface area contributed by atoms with Gasteiger partial charge in [-0.1, -0.05) is 32.8 Å². The van der Waals surface area contributed by atoms with Crippen molar-refractivity contribution in [3.8, 4) is 0 Å². The van der Waals surface area contributed by atoms with Crippen molar-refractivity contribution in [3.05, 3.63) is 11.8 Å². The van der Waals surface area contributed by atoms with Crippen LogP contribution < -0.4 is 5.73 Å². The lowest BCUT2D eigenvalue weighted by atomic mass is 10.1. The van der Waals surface area contributed by atoms with Crippen LogP contribution in [-0.2, 0) is 0 Å². The Morgan fingerprint density at radius 3 is 2.50 bits per heavy atom. The molecule has 0 aromatic heterocycles. The number of allylic oxidation sites excluding steroid dienone is 2. The van der Waals surface area contributed by atoms with Crippen molar-refractivity contribution in [1.29, 1.82) is 0 Å². The molecule has 0 heterocycles. The summed E-state index contributed by atoms with van der Waals surface area (Å²) in [6, 6.07) is 0. The standard InChI is InChI=1S/C9H19N/c1-3-5-6-8-9(10)7-4-2/h7H,3-6,8,10H2,1-2H3. The zero-order valence-electron chi connectivity index (χ0n) is 7.19. The molecule has 0 aliphatic rings. The fraction of sp³-hybridized carbons (Fsp3) is 0.778. The number of nitrogens with two attached hydrogens (primary N) is 1. The Morgan fingerprint density at radius 2 is 2.00 bits per heavy atom. The number of hydrogen-bond donors (Lipinski definition) is 1. The first kappa shape index (κ1) is 9.54. The maximum absolute atomic E-state index is 5.69. The van der Waals surface area contributed by atoms with E-state index in [1.807, 2.05) is 0 Å². The van der Waals surface area contributed by atoms with E-state index in [9.17, 15) is 0 Å². The number of unbranched alkanes of at least 4 members (excludes halogenated alkanes) is 2. The van der Waals surface area contributed by atoms with Crippen LogP contribution in [0.5, 0.6) is 0 Å². The van der Waals surface area contributed by atoms with Crippen LogP contribution in [-0.4, -0.2) is 0 Å². The van der Waals surface area contributed by atoms with E-state index in [2.05, 4.69) is 19.9 Å². The molecule has 0 aliphatic heterocycles. The normalized spacial score (nSPS) is 12.0. The second kappa shape index (κ2) is 6.66. The summed E-state index contributed by atoms with van der Waals surface area (Å²) in [7, 11) is 0. The lowest BCUT2D eigenvalue weighted by Crippen LogP contribution is -1.96. The van der Waals surface area contributed by atoms with Crippen molar-refractivity contribution >= 4 is 0 Å². The summed E-state index contributed by atoms with van der Waals surface area (Å²) in [4.78, 5) is 0. The third-order valence-corrected chi connectivity index (χ3v) is 1.54. The van der Waals surface area contributed by atoms with Crippen molar-refractivity contribution in [2.75, 3.05) is 0 Å². The summed E-state index contributed by atoms with van der Waals surface area (Å²) in [6.07, 6.45) is 8.09. The Bertz CT molecular complexity index is 94.9. The molecule has 0 unspecified atom stereocenters. The SMILES string of the molecule is CCC=C(N)CCCCC. The second-order valence-electron chi connectivity index (χ2n) is 2.64. The van der Waals surface area contributed by atoms with Gasteiger partial charge in [0.25, 0.3) is 0 Å². The van der Waals surface area contributed by atoms with Crippen LogP contribution in [0.15, 0.2) is 11.8 Å². The summed E-state index contributed by atoms with van der Waals surface area (Å²) in [5.41, 5.74) is 6.75. The van der Waals surface area contributed by atoms with Gasteiger partial charge in [0.2, 0.25) is 0 Å². The average Bonchev–Trinajstić information content (AvgIpc) is 1.89. The molecule has 1 heteroatoms. The van der Waals surface area contributed by atoms with Crippen molar-refractivity contribution in [2.24, 2.45) is 5.73 Å². The van der Waals surface area contributed by atoms with Gasteiger partial charge in [-0.05, 0) is 19.3 Å². The highest BCUT2D eigenvalue weighted by Crippen LogP contribution is 2.04. The minimum atomic E-state index is 1.07. The molecule has 10 heavy (non-hydrogen) atoms. The zero-order valence-corrected chi connectivity index (χ0v) is 7.19. The lowest BCUT2D eigenvalue weighted by Gasteiger charge is -1.98. The number of hydrogen-bond acceptors (Lipinski definition) is 1. The van der Waals surface area contributed by atoms with Crippen molar-refractivity contribution in [3.63, 3.8) is 0 Å². The monoisotopic (exact) mass is 141 g/mol. The average molecular weight is 141 g/mol. The van der Waals surface area contributed by atoms with Crippen LogP contribution in [0, 0.1) is 0 Å². The highest BCUT2D eigenvalue weighted by Gasteiger charge is 1.88. The van der Waals surface area contributed by atoms with Gasteiger partial charge in [0.05, 0.1) is 0 Å². The minimum absolute atomic E-state index is 1.07. The molecule has 1 nitrogen and oxygen atoms in total. The summed E-state index contributed by atoms with van der Waals surface area (Å²) in [5, 5.41) is 0. The molecule has 0 fully saturated rings. The second-order valence-corrected chi connectivity index (χ2v) is 2.64. The van der Waals surface area contributed by atoms with Crippen molar-refractivity contribution in [1.82, 2.24) is 0 Å². The maximum atomic E-state index is 5.69. The van der Waals surface area contributed by atoms with Crippen LogP contribution in [0.3, 0.4) is 0 Å². The smallest absolute Gasteiger partial charge is 0.00398 e. The largest absolute Gasteiger partial charge is 0.402 e. The Labute approximate surface area is 64.3 Å². The molecule has 0 aliphatic carbocycles. The predicted molar refractivity (Wildman–Crippen MR) is 46.7 cm³/mol. The number of rotatable bonds is 5. The molecule has 0 saturated heterocycles. The van der Waals surface area contributed by atoms with Gasteiger partial charge in [-0.25, -0.2) is 0 Å². The Morgan fingerprint density at radius 1 is 1.30 bits per heavy atom. The van der Waals surface area contributed by atoms with Crippen molar-refractivity contribution < 1.29 is 0 Å². The van der Waals surface area contributed by atoms with Crippen LogP contribution in [0.1, 0.15) is 46.0 Å². The van der Waals surface area contributed by atoms with E-state index in [1.165, 1.54) is 19.3 Å². The lowest BCUT2D eigenvalue weighted by molar-refractivity contribution is 0.708. The van der Waals surface area contributed by atoms with Gasteiger partial charge in [0, 0.05) is 5.70 Å². The summed E-state index contributed by atoms with van der Waals surface area (Å²) < 4.78 is 0. The Balaban J connectivity index is 3.21. The van der Waals surface area contributed by atoms with Crippen LogP contribution >= 0.6 is 0 Å². The predicted octanol–water partition coefficient (Wildman–Crippen LogP) is 2.82. The molecule has 0 radical (unpaired) electrons. The van der Waals surface area contributed by atoms with E-state index in [0.29, 0.717) is 0 Å². The molecule has 0 spiro atoms. The van der Waals surface area contributed by atoms with E-state index in [1.54, 1.807) is 0 Å².